The fraction of sp³-hybridized carbons (Fsp3) is 0.176. The number of halogens is 1. The number of ether oxygens (including phenoxy) is 1. The van der Waals surface area contributed by atoms with E-state index in [-0.39, 0.29) is 0 Å². The van der Waals surface area contributed by atoms with E-state index in [4.69, 9.17) is 16.3 Å². The van der Waals surface area contributed by atoms with Crippen molar-refractivity contribution >= 4 is 38.7 Å². The Hall–Kier alpha value is -1.55. The average molecular weight is 318 g/mol. The van der Waals surface area contributed by atoms with E-state index in [2.05, 4.69) is 35.6 Å². The number of hydrogen-bond donors (Lipinski definition) is 1. The Morgan fingerprint density at radius 2 is 2.00 bits per heavy atom. The van der Waals surface area contributed by atoms with Gasteiger partial charge >= 0.3 is 0 Å². The quantitative estimate of drug-likeness (QED) is 0.688. The largest absolute Gasteiger partial charge is 0.380 e. The molecular weight excluding hydrogens is 302 g/mol. The van der Waals surface area contributed by atoms with Crippen LogP contribution >= 0.6 is 22.9 Å². The summed E-state index contributed by atoms with van der Waals surface area (Å²) < 4.78 is 6.39. The van der Waals surface area contributed by atoms with E-state index in [9.17, 15) is 0 Å². The Morgan fingerprint density at radius 3 is 2.81 bits per heavy atom. The van der Waals surface area contributed by atoms with Gasteiger partial charge in [0.25, 0.3) is 0 Å². The predicted molar refractivity (Wildman–Crippen MR) is 91.3 cm³/mol. The van der Waals surface area contributed by atoms with Crippen molar-refractivity contribution in [1.29, 1.82) is 0 Å². The highest BCUT2D eigenvalue weighted by atomic mass is 35.5. The molecule has 0 aliphatic rings. The Bertz CT molecular complexity index is 753. The van der Waals surface area contributed by atoms with Gasteiger partial charge < -0.3 is 10.1 Å². The zero-order valence-corrected chi connectivity index (χ0v) is 13.3. The van der Waals surface area contributed by atoms with Crippen LogP contribution in [-0.4, -0.2) is 7.11 Å². The molecule has 4 heteroatoms. The second kappa shape index (κ2) is 6.48. The van der Waals surface area contributed by atoms with Crippen molar-refractivity contribution in [3.05, 3.63) is 64.0 Å². The van der Waals surface area contributed by atoms with Crippen LogP contribution < -0.4 is 5.32 Å². The van der Waals surface area contributed by atoms with Gasteiger partial charge in [-0.3, -0.25) is 0 Å². The van der Waals surface area contributed by atoms with E-state index < -0.39 is 0 Å². The summed E-state index contributed by atoms with van der Waals surface area (Å²) in [7, 11) is 1.71. The molecule has 1 heterocycles. The Labute approximate surface area is 133 Å². The summed E-state index contributed by atoms with van der Waals surface area (Å²) in [6.45, 7) is 1.35. The van der Waals surface area contributed by atoms with Crippen LogP contribution in [0, 0.1) is 0 Å². The van der Waals surface area contributed by atoms with E-state index in [0.29, 0.717) is 6.61 Å². The van der Waals surface area contributed by atoms with Gasteiger partial charge in [-0.15, -0.1) is 11.3 Å². The van der Waals surface area contributed by atoms with Gasteiger partial charge in [-0.05, 0) is 23.8 Å². The van der Waals surface area contributed by atoms with Gasteiger partial charge in [0.2, 0.25) is 0 Å². The van der Waals surface area contributed by atoms with Gasteiger partial charge in [-0.25, -0.2) is 0 Å². The second-order valence-corrected chi connectivity index (χ2v) is 6.34. The average Bonchev–Trinajstić information content (AvgIpc) is 2.83. The van der Waals surface area contributed by atoms with Gasteiger partial charge in [0, 0.05) is 27.8 Å². The molecule has 0 bridgehead atoms. The van der Waals surface area contributed by atoms with Crippen LogP contribution in [0.4, 0.5) is 5.69 Å². The maximum absolute atomic E-state index is 6.45. The van der Waals surface area contributed by atoms with Crippen LogP contribution in [-0.2, 0) is 17.9 Å². The monoisotopic (exact) mass is 317 g/mol. The van der Waals surface area contributed by atoms with Gasteiger partial charge in [-0.1, -0.05) is 41.9 Å². The molecule has 0 saturated heterocycles. The van der Waals surface area contributed by atoms with Crippen molar-refractivity contribution < 1.29 is 4.74 Å². The van der Waals surface area contributed by atoms with Crippen LogP contribution in [0.2, 0.25) is 5.02 Å². The van der Waals surface area contributed by atoms with Gasteiger partial charge in [0.1, 0.15) is 0 Å². The maximum atomic E-state index is 6.45. The lowest BCUT2D eigenvalue weighted by molar-refractivity contribution is 0.185. The normalized spacial score (nSPS) is 11.0. The molecule has 0 atom stereocenters. The summed E-state index contributed by atoms with van der Waals surface area (Å²) in [5.74, 6) is 0. The van der Waals surface area contributed by atoms with Gasteiger partial charge in [0.15, 0.2) is 0 Å². The molecular formula is C17H16ClNOS. The smallest absolute Gasteiger partial charge is 0.0713 e. The highest BCUT2D eigenvalue weighted by Gasteiger charge is 2.09. The molecule has 2 nitrogen and oxygen atoms in total. The third-order valence-electron chi connectivity index (χ3n) is 3.29. The Kier molecular flexibility index (Phi) is 4.44. The molecule has 1 N–H and O–H groups in total. The van der Waals surface area contributed by atoms with Crippen LogP contribution in [0.5, 0.6) is 0 Å². The molecule has 0 radical (unpaired) electrons. The summed E-state index contributed by atoms with van der Waals surface area (Å²) in [5, 5.41) is 5.42. The van der Waals surface area contributed by atoms with Crippen molar-refractivity contribution in [1.82, 2.24) is 0 Å². The zero-order chi connectivity index (χ0) is 14.7. The highest BCUT2D eigenvalue weighted by molar-refractivity contribution is 7.19. The van der Waals surface area contributed by atoms with E-state index in [1.54, 1.807) is 18.4 Å². The third-order valence-corrected chi connectivity index (χ3v) is 5.01. The molecule has 0 saturated carbocycles. The summed E-state index contributed by atoms with van der Waals surface area (Å²) in [5.41, 5.74) is 2.24. The number of rotatable bonds is 5. The minimum Gasteiger partial charge on any atom is -0.380 e. The minimum atomic E-state index is 0.624. The Morgan fingerprint density at radius 1 is 1.14 bits per heavy atom. The molecule has 2 aromatic carbocycles. The topological polar surface area (TPSA) is 21.3 Å². The first kappa shape index (κ1) is 14.4. The molecule has 0 aliphatic heterocycles. The third kappa shape index (κ3) is 3.21. The first-order chi connectivity index (χ1) is 10.3. The lowest BCUT2D eigenvalue weighted by Crippen LogP contribution is -1.98. The van der Waals surface area contributed by atoms with Gasteiger partial charge in [0.05, 0.1) is 18.2 Å². The van der Waals surface area contributed by atoms with E-state index in [1.807, 2.05) is 18.2 Å². The number of thiophene rings is 1. The summed E-state index contributed by atoms with van der Waals surface area (Å²) in [6, 6.07) is 16.5. The predicted octanol–water partition coefficient (Wildman–Crippen LogP) is 5.31. The number of methoxy groups -OCH3 is 1. The summed E-state index contributed by atoms with van der Waals surface area (Å²) >= 11 is 8.19. The van der Waals surface area contributed by atoms with Crippen molar-refractivity contribution in [3.8, 4) is 0 Å². The van der Waals surface area contributed by atoms with Crippen molar-refractivity contribution in [2.75, 3.05) is 12.4 Å². The molecule has 0 aliphatic carbocycles. The van der Waals surface area contributed by atoms with E-state index in [0.717, 1.165) is 33.1 Å². The lowest BCUT2D eigenvalue weighted by atomic mass is 10.2. The first-order valence-electron chi connectivity index (χ1n) is 6.75. The highest BCUT2D eigenvalue weighted by Crippen LogP contribution is 2.35. The van der Waals surface area contributed by atoms with Crippen molar-refractivity contribution in [2.45, 2.75) is 13.2 Å². The van der Waals surface area contributed by atoms with Crippen LogP contribution in [0.3, 0.4) is 0 Å². The lowest BCUT2D eigenvalue weighted by Gasteiger charge is -2.07. The Balaban J connectivity index is 1.77. The standard InChI is InChI=1S/C17H16ClNOS/c1-20-11-12-5-4-6-13(9-12)19-10-16-17(18)14-7-2-3-8-15(14)21-16/h2-9,19H,10-11H2,1H3. The SMILES string of the molecule is COCc1cccc(NCc2sc3ccccc3c2Cl)c1. The minimum absolute atomic E-state index is 0.624. The number of anilines is 1. The van der Waals surface area contributed by atoms with Crippen molar-refractivity contribution in [2.24, 2.45) is 0 Å². The molecule has 108 valence electrons. The van der Waals surface area contributed by atoms with Crippen LogP contribution in [0.1, 0.15) is 10.4 Å². The van der Waals surface area contributed by atoms with Crippen LogP contribution in [0.15, 0.2) is 48.5 Å². The molecule has 1 aromatic heterocycles. The molecule has 3 rings (SSSR count). The summed E-state index contributed by atoms with van der Waals surface area (Å²) in [6.07, 6.45) is 0. The molecule has 0 unspecified atom stereocenters. The number of fused-ring (bicyclic) bond motifs is 1. The molecule has 0 fully saturated rings. The van der Waals surface area contributed by atoms with E-state index in [1.165, 1.54) is 4.70 Å². The number of hydrogen-bond acceptors (Lipinski definition) is 3. The first-order valence-corrected chi connectivity index (χ1v) is 7.95. The molecule has 3 aromatic rings. The molecule has 21 heavy (non-hydrogen) atoms. The van der Waals surface area contributed by atoms with Gasteiger partial charge in [-0.2, -0.15) is 0 Å². The number of benzene rings is 2. The molecule has 0 spiro atoms. The fourth-order valence-corrected chi connectivity index (χ4v) is 3.74. The zero-order valence-electron chi connectivity index (χ0n) is 11.7. The fourth-order valence-electron chi connectivity index (χ4n) is 2.30. The second-order valence-electron chi connectivity index (χ2n) is 4.82. The van der Waals surface area contributed by atoms with Crippen LogP contribution in [0.25, 0.3) is 10.1 Å². The van der Waals surface area contributed by atoms with Crippen molar-refractivity contribution in [3.63, 3.8) is 0 Å². The number of nitrogens with one attached hydrogen (secondary N) is 1. The van der Waals surface area contributed by atoms with E-state index >= 15 is 0 Å². The molecule has 0 amide bonds. The summed E-state index contributed by atoms with van der Waals surface area (Å²) in [4.78, 5) is 1.16. The maximum Gasteiger partial charge on any atom is 0.0713 e.